The number of hydrogen-bond acceptors (Lipinski definition) is 4. The van der Waals surface area contributed by atoms with Gasteiger partial charge in [0.25, 0.3) is 0 Å². The lowest BCUT2D eigenvalue weighted by Crippen LogP contribution is -2.47. The van der Waals surface area contributed by atoms with Gasteiger partial charge < -0.3 is 15.4 Å². The molecule has 1 aromatic heterocycles. The maximum atomic E-state index is 11.6. The highest BCUT2D eigenvalue weighted by Crippen LogP contribution is 2.03. The van der Waals surface area contributed by atoms with E-state index in [9.17, 15) is 4.79 Å². The number of nitrogens with one attached hydrogen (secondary N) is 2. The van der Waals surface area contributed by atoms with Gasteiger partial charge in [-0.2, -0.15) is 15.0 Å². The molecule has 1 rings (SSSR count). The second-order valence-corrected chi connectivity index (χ2v) is 4.33. The average Bonchev–Trinajstić information content (AvgIpc) is 2.81. The molecule has 0 spiro atoms. The Bertz CT molecular complexity index is 339. The highest BCUT2D eigenvalue weighted by Gasteiger charge is 2.17. The van der Waals surface area contributed by atoms with Crippen molar-refractivity contribution in [2.24, 2.45) is 5.92 Å². The normalized spacial score (nSPS) is 12.4. The number of urea groups is 1. The summed E-state index contributed by atoms with van der Waals surface area (Å²) in [6.45, 7) is 5.64. The molecular formula is C11H21N5O2. The van der Waals surface area contributed by atoms with E-state index in [1.54, 1.807) is 24.3 Å². The molecule has 102 valence electrons. The number of aromatic nitrogens is 3. The molecule has 0 bridgehead atoms. The number of amides is 2. The third-order valence-corrected chi connectivity index (χ3v) is 2.54. The molecule has 0 fully saturated rings. The highest BCUT2D eigenvalue weighted by molar-refractivity contribution is 5.74. The van der Waals surface area contributed by atoms with Gasteiger partial charge in [-0.15, -0.1) is 0 Å². The van der Waals surface area contributed by atoms with Gasteiger partial charge >= 0.3 is 6.03 Å². The molecule has 0 aliphatic rings. The van der Waals surface area contributed by atoms with Crippen LogP contribution in [0.5, 0.6) is 0 Å². The van der Waals surface area contributed by atoms with Gasteiger partial charge in [0, 0.05) is 13.7 Å². The standard InChI is InChI=1S/C11H21N5O2/c1-9(2)10(8-16-13-4-5-14-16)15-11(17)12-6-7-18-3/h4-5,9-10H,6-8H2,1-3H3,(H2,12,15,17). The first-order valence-corrected chi connectivity index (χ1v) is 6.01. The van der Waals surface area contributed by atoms with Crippen LogP contribution in [0.3, 0.4) is 0 Å². The van der Waals surface area contributed by atoms with Crippen LogP contribution < -0.4 is 10.6 Å². The van der Waals surface area contributed by atoms with Gasteiger partial charge in [0.15, 0.2) is 0 Å². The van der Waals surface area contributed by atoms with E-state index in [2.05, 4.69) is 20.8 Å². The minimum absolute atomic E-state index is 0.0139. The first-order chi connectivity index (χ1) is 8.63. The van der Waals surface area contributed by atoms with Crippen molar-refractivity contribution in [1.82, 2.24) is 25.6 Å². The van der Waals surface area contributed by atoms with E-state index in [0.717, 1.165) is 0 Å². The molecule has 1 atom stereocenters. The summed E-state index contributed by atoms with van der Waals surface area (Å²) in [5.41, 5.74) is 0. The van der Waals surface area contributed by atoms with Gasteiger partial charge in [0.1, 0.15) is 0 Å². The molecule has 1 heterocycles. The number of rotatable bonds is 7. The summed E-state index contributed by atoms with van der Waals surface area (Å²) in [7, 11) is 1.60. The second-order valence-electron chi connectivity index (χ2n) is 4.33. The third kappa shape index (κ3) is 5.13. The lowest BCUT2D eigenvalue weighted by molar-refractivity contribution is 0.193. The Morgan fingerprint density at radius 1 is 1.39 bits per heavy atom. The minimum Gasteiger partial charge on any atom is -0.383 e. The fraction of sp³-hybridized carbons (Fsp3) is 0.727. The molecule has 0 radical (unpaired) electrons. The Kier molecular flexibility index (Phi) is 6.13. The predicted octanol–water partition coefficient (Wildman–Crippen LogP) is 0.248. The molecule has 0 aromatic carbocycles. The van der Waals surface area contributed by atoms with Crippen LogP contribution in [-0.2, 0) is 11.3 Å². The van der Waals surface area contributed by atoms with Crippen LogP contribution in [0, 0.1) is 5.92 Å². The smallest absolute Gasteiger partial charge is 0.315 e. The van der Waals surface area contributed by atoms with Crippen molar-refractivity contribution in [3.63, 3.8) is 0 Å². The summed E-state index contributed by atoms with van der Waals surface area (Å²) in [5.74, 6) is 0.296. The molecule has 2 N–H and O–H groups in total. The highest BCUT2D eigenvalue weighted by atomic mass is 16.5. The SMILES string of the molecule is COCCNC(=O)NC(Cn1nccn1)C(C)C. The summed E-state index contributed by atoms with van der Waals surface area (Å²) in [4.78, 5) is 13.2. The number of hydrogen-bond donors (Lipinski definition) is 2. The maximum absolute atomic E-state index is 11.6. The van der Waals surface area contributed by atoms with E-state index in [4.69, 9.17) is 4.74 Å². The predicted molar refractivity (Wildman–Crippen MR) is 67.1 cm³/mol. The van der Waals surface area contributed by atoms with Crippen molar-refractivity contribution in [3.8, 4) is 0 Å². The molecule has 1 aromatic rings. The number of carbonyl (C=O) groups excluding carboxylic acids is 1. The van der Waals surface area contributed by atoms with Crippen LogP contribution in [-0.4, -0.2) is 47.3 Å². The van der Waals surface area contributed by atoms with Crippen molar-refractivity contribution in [2.45, 2.75) is 26.4 Å². The molecule has 0 saturated carbocycles. The lowest BCUT2D eigenvalue weighted by atomic mass is 10.1. The van der Waals surface area contributed by atoms with Crippen molar-refractivity contribution in [1.29, 1.82) is 0 Å². The van der Waals surface area contributed by atoms with E-state index in [0.29, 0.717) is 25.6 Å². The van der Waals surface area contributed by atoms with Gasteiger partial charge in [-0.1, -0.05) is 13.8 Å². The maximum Gasteiger partial charge on any atom is 0.315 e. The van der Waals surface area contributed by atoms with E-state index >= 15 is 0 Å². The molecule has 7 nitrogen and oxygen atoms in total. The molecule has 1 unspecified atom stereocenters. The first kappa shape index (κ1) is 14.4. The summed E-state index contributed by atoms with van der Waals surface area (Å²) in [6, 6.07) is -0.210. The van der Waals surface area contributed by atoms with Crippen molar-refractivity contribution >= 4 is 6.03 Å². The molecular weight excluding hydrogens is 234 g/mol. The van der Waals surface area contributed by atoms with Crippen LogP contribution in [0.1, 0.15) is 13.8 Å². The van der Waals surface area contributed by atoms with Crippen molar-refractivity contribution < 1.29 is 9.53 Å². The number of nitrogens with zero attached hydrogens (tertiary/aromatic N) is 3. The minimum atomic E-state index is -0.196. The first-order valence-electron chi connectivity index (χ1n) is 6.01. The Morgan fingerprint density at radius 2 is 2.06 bits per heavy atom. The Labute approximate surface area is 107 Å². The Hall–Kier alpha value is -1.63. The van der Waals surface area contributed by atoms with Gasteiger partial charge in [-0.25, -0.2) is 4.79 Å². The van der Waals surface area contributed by atoms with Crippen LogP contribution in [0.25, 0.3) is 0 Å². The fourth-order valence-corrected chi connectivity index (χ4v) is 1.42. The number of methoxy groups -OCH3 is 1. The van der Waals surface area contributed by atoms with Crippen LogP contribution in [0.2, 0.25) is 0 Å². The zero-order valence-electron chi connectivity index (χ0n) is 11.1. The number of carbonyl (C=O) groups is 1. The molecule has 0 saturated heterocycles. The molecule has 7 heteroatoms. The van der Waals surface area contributed by atoms with Crippen molar-refractivity contribution in [2.75, 3.05) is 20.3 Å². The van der Waals surface area contributed by atoms with E-state index in [1.807, 2.05) is 13.8 Å². The fourth-order valence-electron chi connectivity index (χ4n) is 1.42. The zero-order valence-corrected chi connectivity index (χ0v) is 11.1. The average molecular weight is 255 g/mol. The third-order valence-electron chi connectivity index (χ3n) is 2.54. The van der Waals surface area contributed by atoms with Crippen molar-refractivity contribution in [3.05, 3.63) is 12.4 Å². The van der Waals surface area contributed by atoms with Gasteiger partial charge in [0.2, 0.25) is 0 Å². The number of ether oxygens (including phenoxy) is 1. The summed E-state index contributed by atoms with van der Waals surface area (Å²) >= 11 is 0. The Morgan fingerprint density at radius 3 is 2.61 bits per heavy atom. The van der Waals surface area contributed by atoms with E-state index in [-0.39, 0.29) is 12.1 Å². The topological polar surface area (TPSA) is 81.1 Å². The summed E-state index contributed by atoms with van der Waals surface area (Å²) in [6.07, 6.45) is 3.24. The molecule has 2 amide bonds. The summed E-state index contributed by atoms with van der Waals surface area (Å²) < 4.78 is 4.86. The van der Waals surface area contributed by atoms with E-state index in [1.165, 1.54) is 0 Å². The van der Waals surface area contributed by atoms with Crippen LogP contribution >= 0.6 is 0 Å². The zero-order chi connectivity index (χ0) is 13.4. The van der Waals surface area contributed by atoms with Crippen LogP contribution in [0.4, 0.5) is 4.79 Å². The van der Waals surface area contributed by atoms with Gasteiger partial charge in [-0.3, -0.25) is 0 Å². The lowest BCUT2D eigenvalue weighted by Gasteiger charge is -2.22. The summed E-state index contributed by atoms with van der Waals surface area (Å²) in [5, 5.41) is 13.7. The molecule has 0 aliphatic carbocycles. The van der Waals surface area contributed by atoms with Gasteiger partial charge in [-0.05, 0) is 5.92 Å². The Balaban J connectivity index is 2.40. The molecule has 0 aliphatic heterocycles. The van der Waals surface area contributed by atoms with E-state index < -0.39 is 0 Å². The monoisotopic (exact) mass is 255 g/mol. The second kappa shape index (κ2) is 7.65. The quantitative estimate of drug-likeness (QED) is 0.684. The molecule has 18 heavy (non-hydrogen) atoms. The largest absolute Gasteiger partial charge is 0.383 e. The van der Waals surface area contributed by atoms with Gasteiger partial charge in [0.05, 0.1) is 31.6 Å². The van der Waals surface area contributed by atoms with Crippen LogP contribution in [0.15, 0.2) is 12.4 Å².